The van der Waals surface area contributed by atoms with Gasteiger partial charge in [0, 0.05) is 5.92 Å². The minimum atomic E-state index is -0.0828. The van der Waals surface area contributed by atoms with E-state index in [1.165, 1.54) is 25.5 Å². The Morgan fingerprint density at radius 3 is 2.64 bits per heavy atom. The van der Waals surface area contributed by atoms with E-state index < -0.39 is 0 Å². The topological polar surface area (TPSA) is 72.0 Å². The second-order valence-corrected chi connectivity index (χ2v) is 3.84. The molecule has 0 aromatic carbocycles. The molecule has 76 valence electrons. The number of nitrogens with zero attached hydrogens (tertiary/aromatic N) is 2. The first-order chi connectivity index (χ1) is 6.77. The number of anilines is 1. The van der Waals surface area contributed by atoms with Gasteiger partial charge in [-0.05, 0) is 12.8 Å². The van der Waals surface area contributed by atoms with Crippen LogP contribution in [0.2, 0.25) is 0 Å². The highest BCUT2D eigenvalue weighted by atomic mass is 16.3. The van der Waals surface area contributed by atoms with Crippen molar-refractivity contribution >= 4 is 5.69 Å². The molecular weight excluding hydrogens is 178 g/mol. The van der Waals surface area contributed by atoms with Crippen molar-refractivity contribution in [2.45, 2.75) is 38.0 Å². The first-order valence-electron chi connectivity index (χ1n) is 5.09. The molecule has 0 saturated heterocycles. The Morgan fingerprint density at radius 1 is 1.29 bits per heavy atom. The summed E-state index contributed by atoms with van der Waals surface area (Å²) in [6, 6.07) is 0. The summed E-state index contributed by atoms with van der Waals surface area (Å²) in [7, 11) is 0. The third-order valence-corrected chi connectivity index (χ3v) is 2.78. The molecule has 14 heavy (non-hydrogen) atoms. The highest BCUT2D eigenvalue weighted by Crippen LogP contribution is 2.31. The number of rotatable bonds is 1. The maximum absolute atomic E-state index is 9.35. The summed E-state index contributed by atoms with van der Waals surface area (Å²) in [4.78, 5) is 8.18. The Labute approximate surface area is 83.2 Å². The van der Waals surface area contributed by atoms with Gasteiger partial charge in [-0.1, -0.05) is 19.3 Å². The second-order valence-electron chi connectivity index (χ2n) is 3.84. The zero-order valence-corrected chi connectivity index (χ0v) is 8.11. The maximum Gasteiger partial charge on any atom is 0.238 e. The number of nitrogens with two attached hydrogens (primary N) is 1. The molecule has 2 rings (SSSR count). The van der Waals surface area contributed by atoms with Crippen molar-refractivity contribution in [3.8, 4) is 5.88 Å². The molecule has 1 aromatic rings. The van der Waals surface area contributed by atoms with E-state index in [0.29, 0.717) is 5.92 Å². The highest BCUT2D eigenvalue weighted by Gasteiger charge is 2.18. The summed E-state index contributed by atoms with van der Waals surface area (Å²) in [5.41, 5.74) is 5.70. The summed E-state index contributed by atoms with van der Waals surface area (Å²) in [6.45, 7) is 0. The van der Waals surface area contributed by atoms with Gasteiger partial charge in [-0.2, -0.15) is 4.98 Å². The van der Waals surface area contributed by atoms with Gasteiger partial charge in [-0.25, -0.2) is 4.98 Å². The van der Waals surface area contributed by atoms with Crippen LogP contribution in [0.3, 0.4) is 0 Å². The molecule has 1 fully saturated rings. The number of aromatic nitrogens is 2. The van der Waals surface area contributed by atoms with Crippen LogP contribution < -0.4 is 5.73 Å². The highest BCUT2D eigenvalue weighted by molar-refractivity contribution is 5.44. The molecule has 1 saturated carbocycles. The third-order valence-electron chi connectivity index (χ3n) is 2.78. The number of nitrogen functional groups attached to an aromatic ring is 1. The van der Waals surface area contributed by atoms with E-state index in [1.54, 1.807) is 0 Å². The maximum atomic E-state index is 9.35. The summed E-state index contributed by atoms with van der Waals surface area (Å²) in [6.07, 6.45) is 7.52. The minimum Gasteiger partial charge on any atom is -0.492 e. The summed E-state index contributed by atoms with van der Waals surface area (Å²) >= 11 is 0. The predicted octanol–water partition coefficient (Wildman–Crippen LogP) is 1.81. The van der Waals surface area contributed by atoms with Gasteiger partial charge < -0.3 is 10.8 Å². The normalized spacial score (nSPS) is 18.3. The summed E-state index contributed by atoms with van der Waals surface area (Å²) in [5, 5.41) is 9.35. The first kappa shape index (κ1) is 9.24. The van der Waals surface area contributed by atoms with E-state index >= 15 is 0 Å². The largest absolute Gasteiger partial charge is 0.492 e. The quantitative estimate of drug-likeness (QED) is 0.713. The van der Waals surface area contributed by atoms with Crippen LogP contribution in [-0.4, -0.2) is 15.1 Å². The number of hydrogen-bond acceptors (Lipinski definition) is 4. The molecule has 0 amide bonds. The van der Waals surface area contributed by atoms with Crippen molar-refractivity contribution < 1.29 is 5.11 Å². The fraction of sp³-hybridized carbons (Fsp3) is 0.600. The van der Waals surface area contributed by atoms with E-state index in [9.17, 15) is 5.11 Å². The van der Waals surface area contributed by atoms with E-state index in [0.717, 1.165) is 18.7 Å². The van der Waals surface area contributed by atoms with Crippen LogP contribution in [0.15, 0.2) is 6.20 Å². The Balaban J connectivity index is 2.18. The minimum absolute atomic E-state index is 0.0828. The van der Waals surface area contributed by atoms with Crippen molar-refractivity contribution in [1.82, 2.24) is 9.97 Å². The Bertz CT molecular complexity index is 321. The van der Waals surface area contributed by atoms with Gasteiger partial charge in [0.05, 0.1) is 6.20 Å². The van der Waals surface area contributed by atoms with Crippen molar-refractivity contribution in [2.75, 3.05) is 5.73 Å². The summed E-state index contributed by atoms with van der Waals surface area (Å²) in [5.74, 6) is 1.08. The van der Waals surface area contributed by atoms with E-state index in [-0.39, 0.29) is 11.6 Å². The number of hydrogen-bond donors (Lipinski definition) is 2. The smallest absolute Gasteiger partial charge is 0.238 e. The molecule has 3 N–H and O–H groups in total. The van der Waals surface area contributed by atoms with Crippen LogP contribution in [0.25, 0.3) is 0 Å². The van der Waals surface area contributed by atoms with Gasteiger partial charge in [0.15, 0.2) is 0 Å². The third kappa shape index (κ3) is 1.78. The fourth-order valence-electron chi connectivity index (χ4n) is 1.95. The molecular formula is C10H15N3O. The molecule has 0 radical (unpaired) electrons. The van der Waals surface area contributed by atoms with E-state index in [1.807, 2.05) is 0 Å². The van der Waals surface area contributed by atoms with Gasteiger partial charge in [0.2, 0.25) is 5.88 Å². The van der Waals surface area contributed by atoms with Gasteiger partial charge >= 0.3 is 0 Å². The van der Waals surface area contributed by atoms with Gasteiger partial charge in [0.1, 0.15) is 11.5 Å². The molecule has 1 heterocycles. The molecule has 0 spiro atoms. The SMILES string of the molecule is Nc1cnc(C2CCCCC2)nc1O. The van der Waals surface area contributed by atoms with Crippen LogP contribution in [0.1, 0.15) is 43.8 Å². The molecule has 0 unspecified atom stereocenters. The molecule has 1 aliphatic carbocycles. The summed E-state index contributed by atoms with van der Waals surface area (Å²) < 4.78 is 0. The lowest BCUT2D eigenvalue weighted by molar-refractivity contribution is 0.411. The van der Waals surface area contributed by atoms with Gasteiger partial charge in [0.25, 0.3) is 0 Å². The Morgan fingerprint density at radius 2 is 2.00 bits per heavy atom. The van der Waals surface area contributed by atoms with Crippen molar-refractivity contribution in [3.63, 3.8) is 0 Å². The van der Waals surface area contributed by atoms with Crippen LogP contribution in [0, 0.1) is 0 Å². The van der Waals surface area contributed by atoms with Gasteiger partial charge in [-0.15, -0.1) is 0 Å². The molecule has 0 bridgehead atoms. The average molecular weight is 193 g/mol. The monoisotopic (exact) mass is 193 g/mol. The van der Waals surface area contributed by atoms with E-state index in [4.69, 9.17) is 5.73 Å². The van der Waals surface area contributed by atoms with Crippen molar-refractivity contribution in [3.05, 3.63) is 12.0 Å². The zero-order valence-electron chi connectivity index (χ0n) is 8.11. The number of aromatic hydroxyl groups is 1. The standard InChI is InChI=1S/C10H15N3O/c11-8-6-12-9(13-10(8)14)7-4-2-1-3-5-7/h6-7H,1-5,11H2,(H,12,13,14). The zero-order chi connectivity index (χ0) is 9.97. The lowest BCUT2D eigenvalue weighted by atomic mass is 9.89. The van der Waals surface area contributed by atoms with Gasteiger partial charge in [-0.3, -0.25) is 0 Å². The van der Waals surface area contributed by atoms with Crippen LogP contribution >= 0.6 is 0 Å². The lowest BCUT2D eigenvalue weighted by Gasteiger charge is -2.19. The van der Waals surface area contributed by atoms with Crippen LogP contribution in [0.4, 0.5) is 5.69 Å². The molecule has 0 atom stereocenters. The first-order valence-corrected chi connectivity index (χ1v) is 5.09. The van der Waals surface area contributed by atoms with Crippen LogP contribution in [-0.2, 0) is 0 Å². The second kappa shape index (κ2) is 3.82. The van der Waals surface area contributed by atoms with Crippen molar-refractivity contribution in [1.29, 1.82) is 0 Å². The average Bonchev–Trinajstić information content (AvgIpc) is 2.23. The molecule has 4 heteroatoms. The Hall–Kier alpha value is -1.32. The van der Waals surface area contributed by atoms with Crippen molar-refractivity contribution in [2.24, 2.45) is 0 Å². The van der Waals surface area contributed by atoms with Crippen LogP contribution in [0.5, 0.6) is 5.88 Å². The fourth-order valence-corrected chi connectivity index (χ4v) is 1.95. The lowest BCUT2D eigenvalue weighted by Crippen LogP contribution is -2.09. The molecule has 0 aliphatic heterocycles. The molecule has 1 aliphatic rings. The predicted molar refractivity (Wildman–Crippen MR) is 53.9 cm³/mol. The molecule has 1 aromatic heterocycles. The van der Waals surface area contributed by atoms with E-state index in [2.05, 4.69) is 9.97 Å². The Kier molecular flexibility index (Phi) is 2.52. The molecule has 4 nitrogen and oxygen atoms in total.